The Balaban J connectivity index is 0.00000133. The monoisotopic (exact) mass is 573 g/mol. The Morgan fingerprint density at radius 1 is 0.684 bits per heavy atom. The van der Waals surface area contributed by atoms with E-state index in [-0.39, 0.29) is 46.5 Å². The van der Waals surface area contributed by atoms with E-state index in [9.17, 15) is 0 Å². The molecule has 191 valence electrons. The second kappa shape index (κ2) is 11.7. The van der Waals surface area contributed by atoms with Crippen LogP contribution < -0.4 is 0 Å². The quantitative estimate of drug-likeness (QED) is 0.213. The van der Waals surface area contributed by atoms with Gasteiger partial charge in [-0.15, -0.1) is 11.1 Å². The average Bonchev–Trinajstić information content (AvgIpc) is 3.36. The number of allylic oxidation sites excluding steroid dienone is 1. The molecule has 0 amide bonds. The molecule has 4 aromatic carbocycles. The molecule has 0 spiro atoms. The Labute approximate surface area is 250 Å². The van der Waals surface area contributed by atoms with Crippen molar-refractivity contribution in [3.8, 4) is 22.3 Å². The minimum atomic E-state index is 0. The van der Waals surface area contributed by atoms with Gasteiger partial charge in [0.05, 0.1) is 0 Å². The summed E-state index contributed by atoms with van der Waals surface area (Å²) in [5, 5.41) is 0. The minimum Gasteiger partial charge on any atom is -0.358 e. The van der Waals surface area contributed by atoms with Crippen LogP contribution in [0.25, 0.3) is 28.3 Å². The molecule has 0 nitrogen and oxygen atoms in total. The SMILES string of the molecule is CC1=Cc2c(-c3ccc(C(C)(C)C)cc3)cccc2C1CCC1c2[c-]cccc2-c2ccccc21.[CH3-].[CH3-].[Zr+3]. The molecule has 0 aromatic heterocycles. The predicted octanol–water partition coefficient (Wildman–Crippen LogP) is 10.4. The first kappa shape index (κ1) is 30.1. The topological polar surface area (TPSA) is 0 Å². The zero-order chi connectivity index (χ0) is 24.2. The average molecular weight is 575 g/mol. The molecule has 1 heteroatoms. The zero-order valence-electron chi connectivity index (χ0n) is 23.7. The van der Waals surface area contributed by atoms with E-state index in [4.69, 9.17) is 0 Å². The van der Waals surface area contributed by atoms with Crippen molar-refractivity contribution >= 4 is 6.08 Å². The van der Waals surface area contributed by atoms with Crippen molar-refractivity contribution in [1.29, 1.82) is 0 Å². The van der Waals surface area contributed by atoms with Crippen LogP contribution in [0.2, 0.25) is 0 Å². The van der Waals surface area contributed by atoms with Crippen LogP contribution >= 0.6 is 0 Å². The molecule has 0 saturated heterocycles. The summed E-state index contributed by atoms with van der Waals surface area (Å²) in [4.78, 5) is 0. The summed E-state index contributed by atoms with van der Waals surface area (Å²) in [6, 6.07) is 35.1. The van der Waals surface area contributed by atoms with E-state index in [0.29, 0.717) is 11.8 Å². The van der Waals surface area contributed by atoms with Crippen LogP contribution in [0.15, 0.2) is 90.5 Å². The fourth-order valence-corrected chi connectivity index (χ4v) is 6.21. The van der Waals surface area contributed by atoms with Gasteiger partial charge in [-0.2, -0.15) is 24.3 Å². The molecule has 1 radical (unpaired) electrons. The van der Waals surface area contributed by atoms with Crippen LogP contribution in [-0.2, 0) is 31.6 Å². The summed E-state index contributed by atoms with van der Waals surface area (Å²) in [6.07, 6.45) is 4.74. The van der Waals surface area contributed by atoms with Gasteiger partial charge >= 0.3 is 26.2 Å². The van der Waals surface area contributed by atoms with Gasteiger partial charge in [-0.05, 0) is 64.5 Å². The Hall–Kier alpha value is -2.50. The molecule has 6 rings (SSSR count). The molecule has 0 aliphatic heterocycles. The number of hydrogen-bond donors (Lipinski definition) is 0. The van der Waals surface area contributed by atoms with Crippen LogP contribution in [0.3, 0.4) is 0 Å². The Bertz CT molecular complexity index is 1390. The Kier molecular flexibility index (Phi) is 9.26. The van der Waals surface area contributed by atoms with E-state index in [1.54, 1.807) is 0 Å². The van der Waals surface area contributed by atoms with Crippen LogP contribution in [-0.4, -0.2) is 0 Å². The van der Waals surface area contributed by atoms with Gasteiger partial charge in [0.2, 0.25) is 0 Å². The van der Waals surface area contributed by atoms with Crippen LogP contribution in [0.5, 0.6) is 0 Å². The molecule has 0 fully saturated rings. The Morgan fingerprint density at radius 3 is 2.05 bits per heavy atom. The van der Waals surface area contributed by atoms with Crippen LogP contribution in [0.1, 0.15) is 80.2 Å². The number of benzene rings is 4. The molecule has 2 aliphatic rings. The van der Waals surface area contributed by atoms with Crippen molar-refractivity contribution < 1.29 is 26.2 Å². The fraction of sp³-hybridized carbons (Fsp3) is 0.243. The van der Waals surface area contributed by atoms with Gasteiger partial charge in [0, 0.05) is 5.92 Å². The van der Waals surface area contributed by atoms with E-state index < -0.39 is 0 Å². The van der Waals surface area contributed by atoms with Crippen molar-refractivity contribution in [2.75, 3.05) is 0 Å². The Morgan fingerprint density at radius 2 is 1.32 bits per heavy atom. The van der Waals surface area contributed by atoms with Crippen molar-refractivity contribution in [2.24, 2.45) is 0 Å². The molecular weight excluding hydrogens is 536 g/mol. The summed E-state index contributed by atoms with van der Waals surface area (Å²) in [6.45, 7) is 9.15. The summed E-state index contributed by atoms with van der Waals surface area (Å²) in [5.74, 6) is 0.922. The van der Waals surface area contributed by atoms with Crippen molar-refractivity contribution in [1.82, 2.24) is 0 Å². The van der Waals surface area contributed by atoms with Gasteiger partial charge in [-0.3, -0.25) is 0 Å². The maximum absolute atomic E-state index is 3.58. The minimum absolute atomic E-state index is 0. The fourth-order valence-electron chi connectivity index (χ4n) is 6.21. The molecule has 4 aromatic rings. The van der Waals surface area contributed by atoms with Gasteiger partial charge in [0.15, 0.2) is 0 Å². The largest absolute Gasteiger partial charge is 3.00 e. The molecule has 0 saturated carbocycles. The van der Waals surface area contributed by atoms with Crippen molar-refractivity contribution in [2.45, 2.75) is 57.8 Å². The molecule has 2 aliphatic carbocycles. The standard InChI is InChI=1S/C35H33.2CH3.Zr/c1-23-22-34-27(24-16-18-25(19-17-24)35(2,3)4)14-9-15-28(34)26(23)20-21-33-31-12-7-5-10-29(31)30-11-6-8-13-32(30)33;;;/h5-12,14-19,22,26,33H,20-21H2,1-4H3;2*1H3;/q3*-1;+3. The number of rotatable bonds is 4. The van der Waals surface area contributed by atoms with E-state index in [2.05, 4.69) is 125 Å². The molecular formula is C37H39Zr. The summed E-state index contributed by atoms with van der Waals surface area (Å²) < 4.78 is 0. The van der Waals surface area contributed by atoms with Crippen LogP contribution in [0.4, 0.5) is 0 Å². The van der Waals surface area contributed by atoms with E-state index in [1.807, 2.05) is 0 Å². The van der Waals surface area contributed by atoms with Crippen molar-refractivity contribution in [3.05, 3.63) is 139 Å². The third-order valence-corrected chi connectivity index (χ3v) is 8.11. The van der Waals surface area contributed by atoms with E-state index in [0.717, 1.165) is 12.8 Å². The van der Waals surface area contributed by atoms with Gasteiger partial charge in [0.1, 0.15) is 0 Å². The summed E-state index contributed by atoms with van der Waals surface area (Å²) in [5.41, 5.74) is 14.2. The third-order valence-electron chi connectivity index (χ3n) is 8.11. The van der Waals surface area contributed by atoms with Gasteiger partial charge in [0.25, 0.3) is 0 Å². The zero-order valence-corrected chi connectivity index (χ0v) is 26.2. The van der Waals surface area contributed by atoms with Gasteiger partial charge in [-0.1, -0.05) is 105 Å². The first-order valence-electron chi connectivity index (χ1n) is 12.9. The van der Waals surface area contributed by atoms with Crippen LogP contribution in [0, 0.1) is 20.9 Å². The molecule has 0 bridgehead atoms. The maximum atomic E-state index is 3.58. The molecule has 0 heterocycles. The van der Waals surface area contributed by atoms with Gasteiger partial charge in [-0.25, -0.2) is 0 Å². The number of fused-ring (bicyclic) bond motifs is 4. The smallest absolute Gasteiger partial charge is 0.358 e. The summed E-state index contributed by atoms with van der Waals surface area (Å²) in [7, 11) is 0. The molecule has 38 heavy (non-hydrogen) atoms. The first-order chi connectivity index (χ1) is 16.9. The molecule has 2 atom stereocenters. The van der Waals surface area contributed by atoms with Crippen molar-refractivity contribution in [3.63, 3.8) is 0 Å². The first-order valence-corrected chi connectivity index (χ1v) is 12.9. The molecule has 0 N–H and O–H groups in total. The van der Waals surface area contributed by atoms with E-state index >= 15 is 0 Å². The van der Waals surface area contributed by atoms with Gasteiger partial charge < -0.3 is 14.9 Å². The summed E-state index contributed by atoms with van der Waals surface area (Å²) >= 11 is 0. The maximum Gasteiger partial charge on any atom is 3.00 e. The van der Waals surface area contributed by atoms with E-state index in [1.165, 1.54) is 55.6 Å². The number of hydrogen-bond acceptors (Lipinski definition) is 0. The predicted molar refractivity (Wildman–Crippen MR) is 162 cm³/mol. The second-order valence-electron chi connectivity index (χ2n) is 11.3. The normalized spacial score (nSPS) is 16.7. The third kappa shape index (κ3) is 5.20. The second-order valence-corrected chi connectivity index (χ2v) is 11.3. The molecule has 2 unspecified atom stereocenters.